The predicted octanol–water partition coefficient (Wildman–Crippen LogP) is 3.55. The van der Waals surface area contributed by atoms with E-state index in [1.54, 1.807) is 0 Å². The number of para-hydroxylation sites is 1. The lowest BCUT2D eigenvalue weighted by molar-refractivity contribution is 0.450. The number of hydrogen-bond acceptors (Lipinski definition) is 1. The van der Waals surface area contributed by atoms with E-state index in [-0.39, 0.29) is 0 Å². The second-order valence-electron chi connectivity index (χ2n) is 5.91. The molecule has 1 atom stereocenters. The Morgan fingerprint density at radius 2 is 2.20 bits per heavy atom. The Hall–Kier alpha value is -2.03. The van der Waals surface area contributed by atoms with Gasteiger partial charge in [-0.25, -0.2) is 4.98 Å². The summed E-state index contributed by atoms with van der Waals surface area (Å²) in [5.41, 5.74) is 6.72. The van der Waals surface area contributed by atoms with E-state index in [0.29, 0.717) is 5.92 Å². The molecule has 0 aliphatic heterocycles. The van der Waals surface area contributed by atoms with E-state index in [0.717, 1.165) is 12.8 Å². The van der Waals surface area contributed by atoms with Crippen LogP contribution in [-0.2, 0) is 19.3 Å². The molecule has 1 aliphatic carbocycles. The first-order valence-corrected chi connectivity index (χ1v) is 7.38. The predicted molar refractivity (Wildman–Crippen MR) is 80.8 cm³/mol. The van der Waals surface area contributed by atoms with Gasteiger partial charge >= 0.3 is 0 Å². The maximum atomic E-state index is 4.45. The first-order chi connectivity index (χ1) is 9.81. The number of fused-ring (bicyclic) bond motifs is 3. The van der Waals surface area contributed by atoms with Crippen LogP contribution in [0.2, 0.25) is 0 Å². The molecule has 0 saturated heterocycles. The van der Waals surface area contributed by atoms with Crippen molar-refractivity contribution < 1.29 is 0 Å². The van der Waals surface area contributed by atoms with Gasteiger partial charge in [-0.1, -0.05) is 18.2 Å². The fourth-order valence-corrected chi connectivity index (χ4v) is 3.48. The molecule has 1 unspecified atom stereocenters. The molecule has 0 spiro atoms. The number of imidazole rings is 1. The Balaban J connectivity index is 1.64. The molecular weight excluding hydrogens is 246 g/mol. The monoisotopic (exact) mass is 265 g/mol. The summed E-state index contributed by atoms with van der Waals surface area (Å²) < 4.78 is 0. The second-order valence-corrected chi connectivity index (χ2v) is 5.91. The molecule has 2 aromatic heterocycles. The summed E-state index contributed by atoms with van der Waals surface area (Å²) in [5, 5.41) is 1.41. The number of nitrogens with zero attached hydrogens (tertiary/aromatic N) is 1. The molecule has 0 amide bonds. The van der Waals surface area contributed by atoms with Crippen LogP contribution in [0.15, 0.2) is 30.6 Å². The first-order valence-electron chi connectivity index (χ1n) is 7.38. The van der Waals surface area contributed by atoms with Crippen LogP contribution in [0.4, 0.5) is 0 Å². The number of benzene rings is 1. The Kier molecular flexibility index (Phi) is 2.66. The summed E-state index contributed by atoms with van der Waals surface area (Å²) in [6.07, 6.45) is 6.49. The zero-order chi connectivity index (χ0) is 13.5. The Morgan fingerprint density at radius 3 is 3.05 bits per heavy atom. The third kappa shape index (κ3) is 1.85. The van der Waals surface area contributed by atoms with E-state index < -0.39 is 0 Å². The second kappa shape index (κ2) is 4.51. The number of H-pyrrole nitrogens is 2. The van der Waals surface area contributed by atoms with Crippen LogP contribution in [0.25, 0.3) is 10.9 Å². The molecule has 1 aliphatic rings. The number of rotatable bonds is 2. The van der Waals surface area contributed by atoms with Gasteiger partial charge in [0.2, 0.25) is 0 Å². The topological polar surface area (TPSA) is 44.5 Å². The van der Waals surface area contributed by atoms with Crippen molar-refractivity contribution in [1.82, 2.24) is 15.0 Å². The third-order valence-corrected chi connectivity index (χ3v) is 4.61. The minimum atomic E-state index is 0.712. The highest BCUT2D eigenvalue weighted by Crippen LogP contribution is 2.33. The summed E-state index contributed by atoms with van der Waals surface area (Å²) in [7, 11) is 0. The lowest BCUT2D eigenvalue weighted by Gasteiger charge is -2.22. The Labute approximate surface area is 118 Å². The molecule has 0 radical (unpaired) electrons. The van der Waals surface area contributed by atoms with Crippen LogP contribution in [0, 0.1) is 12.8 Å². The van der Waals surface area contributed by atoms with Crippen molar-refractivity contribution in [2.75, 3.05) is 0 Å². The first kappa shape index (κ1) is 11.8. The Morgan fingerprint density at radius 1 is 1.30 bits per heavy atom. The maximum Gasteiger partial charge on any atom is 0.0925 e. The lowest BCUT2D eigenvalue weighted by atomic mass is 9.83. The van der Waals surface area contributed by atoms with Gasteiger partial charge in [-0.2, -0.15) is 0 Å². The molecular formula is C17H19N3. The van der Waals surface area contributed by atoms with E-state index in [2.05, 4.69) is 46.1 Å². The van der Waals surface area contributed by atoms with Crippen LogP contribution in [0.5, 0.6) is 0 Å². The Bertz CT molecular complexity index is 751. The highest BCUT2D eigenvalue weighted by atomic mass is 14.9. The molecule has 102 valence electrons. The summed E-state index contributed by atoms with van der Waals surface area (Å²) in [5.74, 6) is 0.712. The normalized spacial score (nSPS) is 18.4. The fourth-order valence-electron chi connectivity index (χ4n) is 3.48. The van der Waals surface area contributed by atoms with Crippen LogP contribution in [-0.4, -0.2) is 15.0 Å². The summed E-state index contributed by atoms with van der Waals surface area (Å²) in [4.78, 5) is 11.2. The van der Waals surface area contributed by atoms with Crippen LogP contribution >= 0.6 is 0 Å². The molecule has 3 nitrogen and oxygen atoms in total. The maximum absolute atomic E-state index is 4.45. The molecule has 3 aromatic rings. The van der Waals surface area contributed by atoms with Crippen molar-refractivity contribution in [3.8, 4) is 0 Å². The molecule has 3 heteroatoms. The van der Waals surface area contributed by atoms with Crippen LogP contribution in [0.3, 0.4) is 0 Å². The van der Waals surface area contributed by atoms with Gasteiger partial charge in [0.25, 0.3) is 0 Å². The summed E-state index contributed by atoms with van der Waals surface area (Å²) in [6, 6.07) is 8.67. The van der Waals surface area contributed by atoms with E-state index in [4.69, 9.17) is 0 Å². The minimum Gasteiger partial charge on any atom is -0.358 e. The molecule has 0 fully saturated rings. The van der Waals surface area contributed by atoms with Gasteiger partial charge in [-0.15, -0.1) is 0 Å². The summed E-state index contributed by atoms with van der Waals surface area (Å²) >= 11 is 0. The molecule has 2 N–H and O–H groups in total. The zero-order valence-corrected chi connectivity index (χ0v) is 11.7. The van der Waals surface area contributed by atoms with Crippen molar-refractivity contribution in [3.05, 3.63) is 53.2 Å². The van der Waals surface area contributed by atoms with Crippen molar-refractivity contribution >= 4 is 10.9 Å². The van der Waals surface area contributed by atoms with Gasteiger partial charge in [0, 0.05) is 22.3 Å². The van der Waals surface area contributed by atoms with Gasteiger partial charge in [-0.3, -0.25) is 0 Å². The molecule has 2 heterocycles. The average Bonchev–Trinajstić information content (AvgIpc) is 3.03. The van der Waals surface area contributed by atoms with Gasteiger partial charge in [0.1, 0.15) is 0 Å². The smallest absolute Gasteiger partial charge is 0.0925 e. The minimum absolute atomic E-state index is 0.712. The van der Waals surface area contributed by atoms with Gasteiger partial charge in [0.05, 0.1) is 12.0 Å². The van der Waals surface area contributed by atoms with E-state index in [9.17, 15) is 0 Å². The molecule has 1 aromatic carbocycles. The number of aryl methyl sites for hydroxylation is 2. The van der Waals surface area contributed by atoms with E-state index in [1.807, 2.05) is 6.33 Å². The fraction of sp³-hybridized carbons (Fsp3) is 0.353. The molecule has 0 bridgehead atoms. The number of aromatic amines is 2. The molecule has 20 heavy (non-hydrogen) atoms. The van der Waals surface area contributed by atoms with Gasteiger partial charge in [-0.05, 0) is 50.2 Å². The largest absolute Gasteiger partial charge is 0.358 e. The van der Waals surface area contributed by atoms with Crippen LogP contribution in [0.1, 0.15) is 29.1 Å². The van der Waals surface area contributed by atoms with Gasteiger partial charge < -0.3 is 9.97 Å². The average molecular weight is 265 g/mol. The zero-order valence-electron chi connectivity index (χ0n) is 11.7. The van der Waals surface area contributed by atoms with Crippen molar-refractivity contribution in [2.24, 2.45) is 5.92 Å². The van der Waals surface area contributed by atoms with E-state index >= 15 is 0 Å². The number of nitrogens with one attached hydrogen (secondary N) is 2. The van der Waals surface area contributed by atoms with Gasteiger partial charge in [0.15, 0.2) is 0 Å². The number of hydrogen-bond donors (Lipinski definition) is 2. The SMILES string of the molecule is Cc1[nH]cnc1CC1CCc2[nH]c3ccccc3c2C1. The quantitative estimate of drug-likeness (QED) is 0.731. The van der Waals surface area contributed by atoms with Crippen molar-refractivity contribution in [2.45, 2.75) is 32.6 Å². The molecule has 0 saturated carbocycles. The lowest BCUT2D eigenvalue weighted by Crippen LogP contribution is -2.16. The van der Waals surface area contributed by atoms with E-state index in [1.165, 1.54) is 46.4 Å². The summed E-state index contributed by atoms with van der Waals surface area (Å²) in [6.45, 7) is 2.11. The van der Waals surface area contributed by atoms with Crippen molar-refractivity contribution in [3.63, 3.8) is 0 Å². The third-order valence-electron chi connectivity index (χ3n) is 4.61. The van der Waals surface area contributed by atoms with Crippen LogP contribution < -0.4 is 0 Å². The van der Waals surface area contributed by atoms with Crippen molar-refractivity contribution in [1.29, 1.82) is 0 Å². The standard InChI is InChI=1S/C17H19N3/c1-11-17(19-10-18-11)9-12-6-7-16-14(8-12)13-4-2-3-5-15(13)20-16/h2-5,10,12,20H,6-9H2,1H3,(H,18,19). The highest BCUT2D eigenvalue weighted by molar-refractivity contribution is 5.84. The molecule has 4 rings (SSSR count). The number of aromatic nitrogens is 3. The highest BCUT2D eigenvalue weighted by Gasteiger charge is 2.23.